The van der Waals surface area contributed by atoms with Crippen LogP contribution in [-0.4, -0.2) is 57.2 Å². The van der Waals surface area contributed by atoms with Gasteiger partial charge in [-0.2, -0.15) is 10.4 Å². The van der Waals surface area contributed by atoms with Crippen molar-refractivity contribution in [1.29, 1.82) is 5.26 Å². The van der Waals surface area contributed by atoms with E-state index in [4.69, 9.17) is 5.26 Å². The third-order valence-corrected chi connectivity index (χ3v) is 6.93. The zero-order valence-electron chi connectivity index (χ0n) is 21.4. The first kappa shape index (κ1) is 26.3. The summed E-state index contributed by atoms with van der Waals surface area (Å²) in [6.07, 6.45) is 6.97. The van der Waals surface area contributed by atoms with Crippen LogP contribution in [0.15, 0.2) is 60.8 Å². The number of H-pyrrole nitrogens is 1. The monoisotopic (exact) mass is 527 g/mol. The van der Waals surface area contributed by atoms with Crippen LogP contribution in [0.25, 0.3) is 11.1 Å². The highest BCUT2D eigenvalue weighted by atomic mass is 19.1. The van der Waals surface area contributed by atoms with Gasteiger partial charge in [0.15, 0.2) is 5.82 Å². The van der Waals surface area contributed by atoms with Crippen LogP contribution in [-0.2, 0) is 16.0 Å². The van der Waals surface area contributed by atoms with Gasteiger partial charge < -0.3 is 10.6 Å². The minimum Gasteiger partial charge on any atom is -0.309 e. The maximum Gasteiger partial charge on any atom is 0.249 e. The molecule has 5 rings (SSSR count). The van der Waals surface area contributed by atoms with Gasteiger partial charge in [0, 0.05) is 54.6 Å². The number of nitrogens with zero attached hydrogens (tertiary/aromatic N) is 4. The van der Waals surface area contributed by atoms with Crippen LogP contribution in [0.3, 0.4) is 0 Å². The largest absolute Gasteiger partial charge is 0.309 e. The Kier molecular flexibility index (Phi) is 8.08. The molecule has 0 spiro atoms. The predicted octanol–water partition coefficient (Wildman–Crippen LogP) is 4.35. The number of nitrogens with one attached hydrogen (secondary N) is 3. The average molecular weight is 528 g/mol. The van der Waals surface area contributed by atoms with Crippen molar-refractivity contribution in [2.24, 2.45) is 0 Å². The molecule has 200 valence electrons. The number of carbonyl (C=O) groups excluding carboxylic acids is 2. The Morgan fingerprint density at radius 3 is 2.79 bits per heavy atom. The molecule has 1 aliphatic heterocycles. The summed E-state index contributed by atoms with van der Waals surface area (Å²) in [4.78, 5) is 31.0. The fourth-order valence-electron chi connectivity index (χ4n) is 4.80. The summed E-state index contributed by atoms with van der Waals surface area (Å²) in [5.41, 5.74) is 3.69. The molecular weight excluding hydrogens is 497 g/mol. The zero-order valence-corrected chi connectivity index (χ0v) is 21.4. The van der Waals surface area contributed by atoms with Gasteiger partial charge in [-0.05, 0) is 42.5 Å². The first-order valence-corrected chi connectivity index (χ1v) is 13.1. The van der Waals surface area contributed by atoms with E-state index < -0.39 is 6.17 Å². The number of amides is 2. The van der Waals surface area contributed by atoms with Crippen LogP contribution in [0.5, 0.6) is 0 Å². The second-order valence-electron chi connectivity index (χ2n) is 10.0. The molecule has 10 heteroatoms. The number of hydrogen-bond acceptors (Lipinski definition) is 6. The van der Waals surface area contributed by atoms with E-state index in [0.29, 0.717) is 30.5 Å². The summed E-state index contributed by atoms with van der Waals surface area (Å²) in [6.45, 7) is 0.683. The number of anilines is 2. The van der Waals surface area contributed by atoms with Crippen LogP contribution >= 0.6 is 0 Å². The number of rotatable bonds is 10. The lowest BCUT2D eigenvalue weighted by Gasteiger charge is -2.19. The first-order valence-electron chi connectivity index (χ1n) is 13.1. The van der Waals surface area contributed by atoms with E-state index in [0.717, 1.165) is 35.2 Å². The van der Waals surface area contributed by atoms with Gasteiger partial charge in [-0.25, -0.2) is 9.37 Å². The Labute approximate surface area is 226 Å². The van der Waals surface area contributed by atoms with Gasteiger partial charge in [0.25, 0.3) is 0 Å². The molecule has 2 aliphatic rings. The summed E-state index contributed by atoms with van der Waals surface area (Å²) in [6, 6.07) is 15.1. The van der Waals surface area contributed by atoms with Crippen molar-refractivity contribution in [3.8, 4) is 17.2 Å². The van der Waals surface area contributed by atoms with Crippen LogP contribution in [0.1, 0.15) is 42.9 Å². The number of aromatic amines is 1. The molecule has 1 aliphatic carbocycles. The van der Waals surface area contributed by atoms with Crippen molar-refractivity contribution in [2.75, 3.05) is 23.7 Å². The Morgan fingerprint density at radius 1 is 1.15 bits per heavy atom. The molecule has 3 N–H and O–H groups in total. The Bertz CT molecular complexity index is 1390. The molecule has 9 nitrogen and oxygen atoms in total. The van der Waals surface area contributed by atoms with Crippen LogP contribution in [0.2, 0.25) is 0 Å². The normalized spacial score (nSPS) is 19.2. The molecule has 3 aromatic rings. The molecule has 0 unspecified atom stereocenters. The fourth-order valence-corrected chi connectivity index (χ4v) is 4.80. The van der Waals surface area contributed by atoms with Gasteiger partial charge in [0.05, 0.1) is 18.9 Å². The summed E-state index contributed by atoms with van der Waals surface area (Å²) in [7, 11) is 0. The molecular formula is C29H30FN7O2. The van der Waals surface area contributed by atoms with Gasteiger partial charge in [-0.15, -0.1) is 0 Å². The highest BCUT2D eigenvalue weighted by Crippen LogP contribution is 2.39. The molecule has 2 amide bonds. The molecule has 3 heterocycles. The molecule has 0 bridgehead atoms. The number of hydrogen-bond donors (Lipinski definition) is 3. The van der Waals surface area contributed by atoms with Crippen molar-refractivity contribution < 1.29 is 14.0 Å². The molecule has 39 heavy (non-hydrogen) atoms. The SMILES string of the molecule is N#CC[C@H]1C[C@H](F)CN1C/C=C/C(=O)Nc1ccc(-c2cccc(CC(=O)Nc3cc(C4CC4)[nH]n3)c2)cn1. The van der Waals surface area contributed by atoms with Gasteiger partial charge in [-0.3, -0.25) is 19.6 Å². The molecule has 2 aromatic heterocycles. The molecule has 1 saturated heterocycles. The number of alkyl halides is 1. The van der Waals surface area contributed by atoms with E-state index >= 15 is 0 Å². The fraction of sp³-hybridized carbons (Fsp3) is 0.345. The Morgan fingerprint density at radius 2 is 2.03 bits per heavy atom. The van der Waals surface area contributed by atoms with Crippen molar-refractivity contribution in [3.05, 3.63) is 72.1 Å². The smallest absolute Gasteiger partial charge is 0.249 e. The maximum absolute atomic E-state index is 13.7. The lowest BCUT2D eigenvalue weighted by atomic mass is 10.0. The molecule has 1 aromatic carbocycles. The molecule has 1 saturated carbocycles. The average Bonchev–Trinajstić information content (AvgIpc) is 3.57. The Hall–Kier alpha value is -4.36. The summed E-state index contributed by atoms with van der Waals surface area (Å²) < 4.78 is 13.7. The predicted molar refractivity (Wildman–Crippen MR) is 145 cm³/mol. The van der Waals surface area contributed by atoms with E-state index in [9.17, 15) is 14.0 Å². The van der Waals surface area contributed by atoms with E-state index in [1.54, 1.807) is 18.3 Å². The zero-order chi connectivity index (χ0) is 27.2. The second-order valence-corrected chi connectivity index (χ2v) is 10.0. The lowest BCUT2D eigenvalue weighted by Crippen LogP contribution is -2.29. The number of aromatic nitrogens is 3. The van der Waals surface area contributed by atoms with Crippen LogP contribution < -0.4 is 10.6 Å². The van der Waals surface area contributed by atoms with Gasteiger partial charge in [0.1, 0.15) is 12.0 Å². The van der Waals surface area contributed by atoms with Gasteiger partial charge in [0.2, 0.25) is 11.8 Å². The van der Waals surface area contributed by atoms with Crippen molar-refractivity contribution in [2.45, 2.75) is 50.2 Å². The number of benzene rings is 1. The van der Waals surface area contributed by atoms with Gasteiger partial charge in [-0.1, -0.05) is 30.3 Å². The topological polar surface area (TPSA) is 127 Å². The second kappa shape index (κ2) is 12.0. The summed E-state index contributed by atoms with van der Waals surface area (Å²) in [5, 5.41) is 21.6. The minimum atomic E-state index is -0.937. The first-order chi connectivity index (χ1) is 19.0. The number of likely N-dealkylation sites (tertiary alicyclic amines) is 1. The van der Waals surface area contributed by atoms with E-state index in [-0.39, 0.29) is 37.2 Å². The van der Waals surface area contributed by atoms with Gasteiger partial charge >= 0.3 is 0 Å². The third kappa shape index (κ3) is 7.15. The highest BCUT2D eigenvalue weighted by molar-refractivity contribution is 5.98. The maximum atomic E-state index is 13.7. The summed E-state index contributed by atoms with van der Waals surface area (Å²) in [5.74, 6) is 1.01. The molecule has 0 radical (unpaired) electrons. The minimum absolute atomic E-state index is 0.115. The number of halogens is 1. The molecule has 2 atom stereocenters. The number of nitriles is 1. The van der Waals surface area contributed by atoms with Crippen LogP contribution in [0.4, 0.5) is 16.0 Å². The Balaban J connectivity index is 1.12. The standard InChI is InChI=1S/C29H30FN7O2/c30-23-15-24(10-11-31)37(18-23)12-2-5-28(38)33-26-9-8-22(17-32-26)21-4-1-3-19(13-21)14-29(39)34-27-16-25(35-36-27)20-6-7-20/h1-5,8-9,13,16-17,20,23-24H,6-7,10,12,14-15,18H2,(H,32,33,38)(H2,34,35,36,39)/b5-2+/t23-,24-/m0/s1. The number of pyridine rings is 1. The highest BCUT2D eigenvalue weighted by Gasteiger charge is 2.31. The lowest BCUT2D eigenvalue weighted by molar-refractivity contribution is -0.115. The van der Waals surface area contributed by atoms with Crippen molar-refractivity contribution in [1.82, 2.24) is 20.1 Å². The van der Waals surface area contributed by atoms with E-state index in [1.807, 2.05) is 41.3 Å². The van der Waals surface area contributed by atoms with E-state index in [1.165, 1.54) is 6.08 Å². The quantitative estimate of drug-likeness (QED) is 0.337. The molecule has 2 fully saturated rings. The number of carbonyl (C=O) groups is 2. The summed E-state index contributed by atoms with van der Waals surface area (Å²) >= 11 is 0. The van der Waals surface area contributed by atoms with E-state index in [2.05, 4.69) is 31.9 Å². The third-order valence-electron chi connectivity index (χ3n) is 6.93. The van der Waals surface area contributed by atoms with Crippen molar-refractivity contribution >= 4 is 23.5 Å². The van der Waals surface area contributed by atoms with Crippen molar-refractivity contribution in [3.63, 3.8) is 0 Å². The van der Waals surface area contributed by atoms with Crippen LogP contribution in [0, 0.1) is 11.3 Å².